The maximum atomic E-state index is 14.2. The molecule has 3 nitrogen and oxygen atoms in total. The van der Waals surface area contributed by atoms with Crippen LogP contribution in [0, 0.1) is 18.6 Å². The number of halogens is 2. The number of rotatable bonds is 2. The first-order chi connectivity index (χ1) is 9.65. The van der Waals surface area contributed by atoms with Crippen LogP contribution in [0.5, 0.6) is 0 Å². The second-order valence-electron chi connectivity index (χ2n) is 4.63. The molecule has 0 saturated carbocycles. The number of nitrogens with zero attached hydrogens (tertiary/aromatic N) is 2. The number of anilines is 1. The summed E-state index contributed by atoms with van der Waals surface area (Å²) in [6.07, 6.45) is 0. The number of thiazole rings is 1. The van der Waals surface area contributed by atoms with Gasteiger partial charge in [0.1, 0.15) is 11.6 Å². The summed E-state index contributed by atoms with van der Waals surface area (Å²) in [5.74, 6) is -0.868. The summed E-state index contributed by atoms with van der Waals surface area (Å²) in [6, 6.07) is 2.49. The molecule has 1 aliphatic heterocycles. The van der Waals surface area contributed by atoms with Crippen molar-refractivity contribution in [3.05, 3.63) is 34.2 Å². The zero-order chi connectivity index (χ0) is 14.1. The summed E-state index contributed by atoms with van der Waals surface area (Å²) in [6.45, 7) is 4.06. The molecule has 1 aromatic carbocycles. The Morgan fingerprint density at radius 3 is 2.60 bits per heavy atom. The first kappa shape index (κ1) is 13.5. The third kappa shape index (κ3) is 2.53. The molecule has 0 spiro atoms. The average Bonchev–Trinajstić information content (AvgIpc) is 2.88. The molecule has 2 aromatic rings. The normalized spacial score (nSPS) is 15.7. The second kappa shape index (κ2) is 5.46. The number of hydrogen-bond acceptors (Lipinski definition) is 4. The molecule has 1 saturated heterocycles. The highest BCUT2D eigenvalue weighted by atomic mass is 32.1. The predicted molar refractivity (Wildman–Crippen MR) is 75.2 cm³/mol. The van der Waals surface area contributed by atoms with Crippen molar-refractivity contribution in [2.45, 2.75) is 6.92 Å². The van der Waals surface area contributed by atoms with Crippen LogP contribution in [-0.4, -0.2) is 31.3 Å². The lowest BCUT2D eigenvalue weighted by Gasteiger charge is -2.29. The van der Waals surface area contributed by atoms with E-state index in [0.29, 0.717) is 37.7 Å². The highest BCUT2D eigenvalue weighted by Crippen LogP contribution is 2.30. The molecule has 2 heterocycles. The van der Waals surface area contributed by atoms with E-state index < -0.39 is 11.6 Å². The minimum absolute atomic E-state index is 0.212. The lowest BCUT2D eigenvalue weighted by atomic mass is 10.1. The molecule has 0 unspecified atom stereocenters. The van der Waals surface area contributed by atoms with Gasteiger partial charge in [0.15, 0.2) is 0 Å². The van der Waals surface area contributed by atoms with Gasteiger partial charge in [-0.05, 0) is 13.0 Å². The van der Waals surface area contributed by atoms with E-state index in [9.17, 15) is 8.78 Å². The number of aromatic nitrogens is 1. The number of morpholine rings is 1. The standard InChI is InChI=1S/C14H14F2N2OS/c1-9-17-13(8-20-9)10-6-12(16)14(7-11(10)15)18-2-4-19-5-3-18/h6-8H,2-5H2,1H3. The number of benzene rings is 1. The van der Waals surface area contributed by atoms with Crippen molar-refractivity contribution in [1.82, 2.24) is 4.98 Å². The van der Waals surface area contributed by atoms with Gasteiger partial charge in [0.05, 0.1) is 29.6 Å². The molecule has 0 amide bonds. The smallest absolute Gasteiger partial charge is 0.147 e. The minimum Gasteiger partial charge on any atom is -0.378 e. The first-order valence-corrected chi connectivity index (χ1v) is 7.27. The number of aryl methyl sites for hydroxylation is 1. The van der Waals surface area contributed by atoms with E-state index in [1.54, 1.807) is 10.3 Å². The van der Waals surface area contributed by atoms with Gasteiger partial charge in [0.25, 0.3) is 0 Å². The van der Waals surface area contributed by atoms with Gasteiger partial charge in [0.2, 0.25) is 0 Å². The van der Waals surface area contributed by atoms with Crippen molar-refractivity contribution in [2.75, 3.05) is 31.2 Å². The molecule has 0 aliphatic carbocycles. The van der Waals surface area contributed by atoms with E-state index in [1.807, 2.05) is 6.92 Å². The molecular weight excluding hydrogens is 282 g/mol. The zero-order valence-electron chi connectivity index (χ0n) is 11.0. The molecule has 0 bridgehead atoms. The topological polar surface area (TPSA) is 25.4 Å². The van der Waals surface area contributed by atoms with Crippen LogP contribution in [0.1, 0.15) is 5.01 Å². The summed E-state index contributed by atoms with van der Waals surface area (Å²) in [5, 5.41) is 2.57. The van der Waals surface area contributed by atoms with Crippen molar-refractivity contribution >= 4 is 17.0 Å². The van der Waals surface area contributed by atoms with Gasteiger partial charge in [-0.3, -0.25) is 0 Å². The third-order valence-electron chi connectivity index (χ3n) is 3.28. The summed E-state index contributed by atoms with van der Waals surface area (Å²) in [7, 11) is 0. The summed E-state index contributed by atoms with van der Waals surface area (Å²) in [4.78, 5) is 6.01. The third-order valence-corrected chi connectivity index (χ3v) is 4.06. The lowest BCUT2D eigenvalue weighted by Crippen LogP contribution is -2.36. The van der Waals surface area contributed by atoms with Crippen LogP contribution in [0.25, 0.3) is 11.3 Å². The number of ether oxygens (including phenoxy) is 1. The Hall–Kier alpha value is -1.53. The average molecular weight is 296 g/mol. The van der Waals surface area contributed by atoms with Crippen molar-refractivity contribution in [3.63, 3.8) is 0 Å². The fraction of sp³-hybridized carbons (Fsp3) is 0.357. The summed E-state index contributed by atoms with van der Waals surface area (Å²) in [5.41, 5.74) is 0.989. The predicted octanol–water partition coefficient (Wildman–Crippen LogP) is 3.23. The van der Waals surface area contributed by atoms with Crippen LogP contribution in [0.15, 0.2) is 17.5 Å². The van der Waals surface area contributed by atoms with Gasteiger partial charge in [-0.2, -0.15) is 0 Å². The van der Waals surface area contributed by atoms with Crippen molar-refractivity contribution in [2.24, 2.45) is 0 Å². The van der Waals surface area contributed by atoms with E-state index in [-0.39, 0.29) is 5.56 Å². The second-order valence-corrected chi connectivity index (χ2v) is 5.70. The molecular formula is C14H14F2N2OS. The van der Waals surface area contributed by atoms with E-state index >= 15 is 0 Å². The van der Waals surface area contributed by atoms with Crippen molar-refractivity contribution < 1.29 is 13.5 Å². The Bertz CT molecular complexity index is 624. The largest absolute Gasteiger partial charge is 0.378 e. The van der Waals surface area contributed by atoms with Gasteiger partial charge in [-0.1, -0.05) is 0 Å². The molecule has 3 rings (SSSR count). The van der Waals surface area contributed by atoms with Gasteiger partial charge < -0.3 is 9.64 Å². The quantitative estimate of drug-likeness (QED) is 0.851. The van der Waals surface area contributed by atoms with Gasteiger partial charge in [0, 0.05) is 30.1 Å². The molecule has 0 N–H and O–H groups in total. The summed E-state index contributed by atoms with van der Waals surface area (Å²) >= 11 is 1.42. The Balaban J connectivity index is 1.97. The highest BCUT2D eigenvalue weighted by Gasteiger charge is 2.19. The molecule has 0 atom stereocenters. The van der Waals surface area contributed by atoms with E-state index in [2.05, 4.69) is 4.98 Å². The van der Waals surface area contributed by atoms with E-state index in [1.165, 1.54) is 23.5 Å². The maximum absolute atomic E-state index is 14.2. The molecule has 6 heteroatoms. The fourth-order valence-electron chi connectivity index (χ4n) is 2.27. The Labute approximate surface area is 119 Å². The number of hydrogen-bond donors (Lipinski definition) is 0. The molecule has 106 valence electrons. The Kier molecular flexibility index (Phi) is 3.67. The van der Waals surface area contributed by atoms with Crippen molar-refractivity contribution in [3.8, 4) is 11.3 Å². The molecule has 0 radical (unpaired) electrons. The van der Waals surface area contributed by atoms with Crippen LogP contribution in [0.3, 0.4) is 0 Å². The zero-order valence-corrected chi connectivity index (χ0v) is 11.8. The lowest BCUT2D eigenvalue weighted by molar-refractivity contribution is 0.122. The fourth-order valence-corrected chi connectivity index (χ4v) is 2.88. The van der Waals surface area contributed by atoms with E-state index in [0.717, 1.165) is 5.01 Å². The molecule has 1 aliphatic rings. The monoisotopic (exact) mass is 296 g/mol. The maximum Gasteiger partial charge on any atom is 0.147 e. The Morgan fingerprint density at radius 2 is 1.95 bits per heavy atom. The van der Waals surface area contributed by atoms with Gasteiger partial charge in [-0.25, -0.2) is 13.8 Å². The first-order valence-electron chi connectivity index (χ1n) is 6.39. The molecule has 20 heavy (non-hydrogen) atoms. The van der Waals surface area contributed by atoms with Crippen LogP contribution < -0.4 is 4.90 Å². The van der Waals surface area contributed by atoms with Crippen LogP contribution in [0.4, 0.5) is 14.5 Å². The highest BCUT2D eigenvalue weighted by molar-refractivity contribution is 7.09. The minimum atomic E-state index is -0.446. The van der Waals surface area contributed by atoms with Gasteiger partial charge in [-0.15, -0.1) is 11.3 Å². The van der Waals surface area contributed by atoms with Crippen LogP contribution in [-0.2, 0) is 4.74 Å². The Morgan fingerprint density at radius 1 is 1.20 bits per heavy atom. The molecule has 1 aromatic heterocycles. The molecule has 1 fully saturated rings. The van der Waals surface area contributed by atoms with Crippen LogP contribution in [0.2, 0.25) is 0 Å². The van der Waals surface area contributed by atoms with E-state index in [4.69, 9.17) is 4.74 Å². The van der Waals surface area contributed by atoms with Crippen LogP contribution >= 0.6 is 11.3 Å². The summed E-state index contributed by atoms with van der Waals surface area (Å²) < 4.78 is 33.7. The SMILES string of the molecule is Cc1nc(-c2cc(F)c(N3CCOCC3)cc2F)cs1. The van der Waals surface area contributed by atoms with Crippen molar-refractivity contribution in [1.29, 1.82) is 0 Å². The van der Waals surface area contributed by atoms with Gasteiger partial charge >= 0.3 is 0 Å².